The second-order valence-corrected chi connectivity index (χ2v) is 10.5. The van der Waals surface area contributed by atoms with Crippen LogP contribution in [0.15, 0.2) is 18.2 Å². The van der Waals surface area contributed by atoms with Crippen molar-refractivity contribution in [1.29, 1.82) is 0 Å². The van der Waals surface area contributed by atoms with E-state index in [-0.39, 0.29) is 40.3 Å². The first kappa shape index (κ1) is 27.2. The Labute approximate surface area is 223 Å². The number of ketones is 3. The highest BCUT2D eigenvalue weighted by Gasteiger charge is 2.50. The monoisotopic (exact) mass is 542 g/mol. The summed E-state index contributed by atoms with van der Waals surface area (Å²) in [6, 6.07) is 4.40. The number of aromatic hydroxyl groups is 2. The summed E-state index contributed by atoms with van der Waals surface area (Å²) in [5.41, 5.74) is -3.45. The van der Waals surface area contributed by atoms with Gasteiger partial charge in [-0.2, -0.15) is 0 Å². The Morgan fingerprint density at radius 2 is 1.79 bits per heavy atom. The first-order valence-electron chi connectivity index (χ1n) is 12.7. The predicted molar refractivity (Wildman–Crippen MR) is 133 cm³/mol. The van der Waals surface area contributed by atoms with Gasteiger partial charge < -0.3 is 39.7 Å². The molecule has 6 atom stereocenters. The standard InChI is InChI=1S/C28H30O11/c1-11-7-18(38-12(2)23(11)31)39-16-9-28(36,17(30)10-29)8-14-20(16)27(35)22-21(25(14)33)24(32)13-5-4-6-15(37-3)19(13)26(22)34/h4-6,11-12,16,18,23,29,31,33,35-36H,7-10H2,1-3H3/t11?,12-,16+,18?,23-,28+/m1/s1. The summed E-state index contributed by atoms with van der Waals surface area (Å²) in [6.45, 7) is 2.46. The summed E-state index contributed by atoms with van der Waals surface area (Å²) in [4.78, 5) is 39.8. The number of benzene rings is 2. The van der Waals surface area contributed by atoms with E-state index in [0.717, 1.165) is 0 Å². The fourth-order valence-electron chi connectivity index (χ4n) is 5.95. The molecule has 3 aliphatic rings. The van der Waals surface area contributed by atoms with Crippen LogP contribution in [0.25, 0.3) is 0 Å². The third-order valence-corrected chi connectivity index (χ3v) is 8.05. The maximum atomic E-state index is 13.7. The van der Waals surface area contributed by atoms with Crippen LogP contribution >= 0.6 is 0 Å². The average molecular weight is 543 g/mol. The molecular formula is C28H30O11. The molecule has 0 spiro atoms. The lowest BCUT2D eigenvalue weighted by molar-refractivity contribution is -0.255. The zero-order valence-electron chi connectivity index (χ0n) is 21.6. The number of methoxy groups -OCH3 is 1. The summed E-state index contributed by atoms with van der Waals surface area (Å²) in [5.74, 6) is -3.87. The molecule has 5 rings (SSSR count). The molecule has 2 aromatic carbocycles. The molecular weight excluding hydrogens is 512 g/mol. The van der Waals surface area contributed by atoms with Gasteiger partial charge in [-0.3, -0.25) is 14.4 Å². The van der Waals surface area contributed by atoms with Gasteiger partial charge >= 0.3 is 0 Å². The van der Waals surface area contributed by atoms with Gasteiger partial charge in [-0.15, -0.1) is 0 Å². The number of phenolic OH excluding ortho intramolecular Hbond substituents is 2. The van der Waals surface area contributed by atoms with E-state index in [9.17, 15) is 39.9 Å². The van der Waals surface area contributed by atoms with Crippen LogP contribution in [0.3, 0.4) is 0 Å². The number of rotatable bonds is 5. The minimum absolute atomic E-state index is 0.0380. The molecule has 208 valence electrons. The molecule has 39 heavy (non-hydrogen) atoms. The third-order valence-electron chi connectivity index (χ3n) is 8.05. The fourth-order valence-corrected chi connectivity index (χ4v) is 5.95. The Kier molecular flexibility index (Phi) is 6.76. The van der Waals surface area contributed by atoms with Crippen LogP contribution in [0.4, 0.5) is 0 Å². The lowest BCUT2D eigenvalue weighted by Crippen LogP contribution is -2.49. The summed E-state index contributed by atoms with van der Waals surface area (Å²) in [6.07, 6.45) is -4.31. The number of ether oxygens (including phenoxy) is 3. The van der Waals surface area contributed by atoms with Crippen LogP contribution in [0.5, 0.6) is 17.2 Å². The number of Topliss-reactive ketones (excluding diaryl/α,β-unsaturated/α-hetero) is 1. The highest BCUT2D eigenvalue weighted by atomic mass is 16.7. The number of carbonyl (C=O) groups excluding carboxylic acids is 3. The van der Waals surface area contributed by atoms with Crippen LogP contribution in [-0.2, 0) is 20.7 Å². The minimum Gasteiger partial charge on any atom is -0.507 e. The SMILES string of the molecule is COc1cccc2c1C(=O)c1c(O)c3c(c(O)c1C2=O)C[C@@](O)(C(=O)CO)C[C@@H]3OC1CC(C)[C@@H](O)[C@@H](C)O1. The van der Waals surface area contributed by atoms with Gasteiger partial charge in [-0.05, 0) is 18.9 Å². The second kappa shape index (κ2) is 9.68. The Morgan fingerprint density at radius 1 is 1.10 bits per heavy atom. The molecule has 0 radical (unpaired) electrons. The number of fused-ring (bicyclic) bond motifs is 3. The molecule has 0 aromatic heterocycles. The molecule has 5 N–H and O–H groups in total. The molecule has 11 nitrogen and oxygen atoms in total. The predicted octanol–water partition coefficient (Wildman–Crippen LogP) is 1.31. The van der Waals surface area contributed by atoms with E-state index in [1.807, 2.05) is 0 Å². The maximum absolute atomic E-state index is 13.7. The van der Waals surface area contributed by atoms with Crippen LogP contribution in [0.1, 0.15) is 75.8 Å². The molecule has 0 amide bonds. The Bertz CT molecular complexity index is 1370. The normalized spacial score (nSPS) is 29.8. The molecule has 1 aliphatic heterocycles. The van der Waals surface area contributed by atoms with E-state index in [2.05, 4.69) is 0 Å². The minimum atomic E-state index is -2.21. The molecule has 2 aromatic rings. The zero-order chi connectivity index (χ0) is 28.4. The number of aliphatic hydroxyl groups is 3. The molecule has 1 fully saturated rings. The second-order valence-electron chi connectivity index (χ2n) is 10.5. The fraction of sp³-hybridized carbons (Fsp3) is 0.464. The van der Waals surface area contributed by atoms with E-state index in [4.69, 9.17) is 14.2 Å². The summed E-state index contributed by atoms with van der Waals surface area (Å²) in [5, 5.41) is 53.9. The van der Waals surface area contributed by atoms with Gasteiger partial charge in [0.25, 0.3) is 0 Å². The van der Waals surface area contributed by atoms with Crippen LogP contribution in [0.2, 0.25) is 0 Å². The van der Waals surface area contributed by atoms with E-state index in [1.54, 1.807) is 13.8 Å². The lowest BCUT2D eigenvalue weighted by atomic mass is 9.72. The van der Waals surface area contributed by atoms with Crippen LogP contribution < -0.4 is 4.74 Å². The molecule has 0 saturated carbocycles. The van der Waals surface area contributed by atoms with E-state index in [1.165, 1.54) is 25.3 Å². The number of phenols is 2. The smallest absolute Gasteiger partial charge is 0.202 e. The van der Waals surface area contributed by atoms with Gasteiger partial charge in [-0.25, -0.2) is 0 Å². The summed E-state index contributed by atoms with van der Waals surface area (Å²) >= 11 is 0. The van der Waals surface area contributed by atoms with Crippen molar-refractivity contribution >= 4 is 17.3 Å². The first-order valence-corrected chi connectivity index (χ1v) is 12.7. The molecule has 11 heteroatoms. The van der Waals surface area contributed by atoms with Crippen molar-refractivity contribution in [2.45, 2.75) is 63.3 Å². The van der Waals surface area contributed by atoms with Crippen molar-refractivity contribution in [3.8, 4) is 17.2 Å². The lowest BCUT2D eigenvalue weighted by Gasteiger charge is -2.42. The van der Waals surface area contributed by atoms with E-state index < -0.39 is 89.6 Å². The molecule has 1 saturated heterocycles. The van der Waals surface area contributed by atoms with Crippen molar-refractivity contribution < 1.29 is 54.1 Å². The largest absolute Gasteiger partial charge is 0.507 e. The Morgan fingerprint density at radius 3 is 2.44 bits per heavy atom. The Hall–Kier alpha value is -3.35. The molecule has 2 aliphatic carbocycles. The zero-order valence-corrected chi connectivity index (χ0v) is 21.6. The first-order chi connectivity index (χ1) is 18.4. The third kappa shape index (κ3) is 4.12. The summed E-state index contributed by atoms with van der Waals surface area (Å²) in [7, 11) is 1.33. The van der Waals surface area contributed by atoms with E-state index >= 15 is 0 Å². The van der Waals surface area contributed by atoms with Gasteiger partial charge in [0.1, 0.15) is 29.5 Å². The Balaban J connectivity index is 1.69. The maximum Gasteiger partial charge on any atom is 0.202 e. The van der Waals surface area contributed by atoms with Crippen molar-refractivity contribution in [2.75, 3.05) is 13.7 Å². The number of hydrogen-bond acceptors (Lipinski definition) is 11. The quantitative estimate of drug-likeness (QED) is 0.293. The van der Waals surface area contributed by atoms with Crippen molar-refractivity contribution in [1.82, 2.24) is 0 Å². The van der Waals surface area contributed by atoms with Gasteiger partial charge in [0.15, 0.2) is 17.9 Å². The molecule has 1 heterocycles. The van der Waals surface area contributed by atoms with Gasteiger partial charge in [0.2, 0.25) is 5.78 Å². The highest BCUT2D eigenvalue weighted by Crippen LogP contribution is 2.52. The van der Waals surface area contributed by atoms with Gasteiger partial charge in [0, 0.05) is 36.0 Å². The van der Waals surface area contributed by atoms with Crippen molar-refractivity contribution in [3.63, 3.8) is 0 Å². The van der Waals surface area contributed by atoms with Crippen molar-refractivity contribution in [3.05, 3.63) is 51.6 Å². The molecule has 0 bridgehead atoms. The van der Waals surface area contributed by atoms with Gasteiger partial charge in [-0.1, -0.05) is 19.1 Å². The van der Waals surface area contributed by atoms with E-state index in [0.29, 0.717) is 0 Å². The van der Waals surface area contributed by atoms with Crippen molar-refractivity contribution in [2.24, 2.45) is 5.92 Å². The van der Waals surface area contributed by atoms with Crippen LogP contribution in [-0.4, -0.2) is 80.7 Å². The van der Waals surface area contributed by atoms with Gasteiger partial charge in [0.05, 0.1) is 42.1 Å². The number of aliphatic hydroxyl groups excluding tert-OH is 2. The topological polar surface area (TPSA) is 180 Å². The summed E-state index contributed by atoms with van der Waals surface area (Å²) < 4.78 is 17.2. The van der Waals surface area contributed by atoms with Crippen LogP contribution in [0, 0.1) is 5.92 Å². The number of carbonyl (C=O) groups is 3. The average Bonchev–Trinajstić information content (AvgIpc) is 2.90. The number of hydrogen-bond donors (Lipinski definition) is 5. The highest BCUT2D eigenvalue weighted by molar-refractivity contribution is 6.31. The molecule has 2 unspecified atom stereocenters.